The number of hydrogen-bond acceptors (Lipinski definition) is 2. The zero-order chi connectivity index (χ0) is 11.1. The number of nitrogens with zero attached hydrogens (tertiary/aromatic N) is 2. The molecule has 4 nitrogen and oxygen atoms in total. The Labute approximate surface area is 86.8 Å². The van der Waals surface area contributed by atoms with Crippen molar-refractivity contribution in [2.45, 2.75) is 26.8 Å². The van der Waals surface area contributed by atoms with Gasteiger partial charge in [-0.1, -0.05) is 13.8 Å². The molecule has 1 aliphatic heterocycles. The van der Waals surface area contributed by atoms with Gasteiger partial charge in [-0.05, 0) is 6.92 Å². The highest BCUT2D eigenvalue weighted by molar-refractivity contribution is 5.74. The van der Waals surface area contributed by atoms with Gasteiger partial charge in [-0.15, -0.1) is 0 Å². The Morgan fingerprint density at radius 1 is 1.43 bits per heavy atom. The predicted octanol–water partition coefficient (Wildman–Crippen LogP) is 1.41. The van der Waals surface area contributed by atoms with E-state index in [0.29, 0.717) is 19.8 Å². The zero-order valence-electron chi connectivity index (χ0n) is 9.91. The molecule has 84 valence electrons. The Kier molecular flexibility index (Phi) is 6.28. The lowest BCUT2D eigenvalue weighted by atomic mass is 10.3. The van der Waals surface area contributed by atoms with Crippen LogP contribution >= 0.6 is 0 Å². The van der Waals surface area contributed by atoms with E-state index >= 15 is 0 Å². The van der Waals surface area contributed by atoms with Gasteiger partial charge in [0.25, 0.3) is 0 Å². The molecule has 2 amide bonds. The molecule has 0 N–H and O–H groups in total. The quantitative estimate of drug-likeness (QED) is 0.595. The van der Waals surface area contributed by atoms with Crippen LogP contribution in [0.3, 0.4) is 0 Å². The molecule has 0 spiro atoms. The smallest absolute Gasteiger partial charge is 0.319 e. The molecular weight excluding hydrogens is 180 g/mol. The van der Waals surface area contributed by atoms with Crippen molar-refractivity contribution in [3.05, 3.63) is 0 Å². The molecule has 0 radical (unpaired) electrons. The average molecular weight is 202 g/mol. The first-order chi connectivity index (χ1) is 6.63. The van der Waals surface area contributed by atoms with Crippen molar-refractivity contribution in [1.29, 1.82) is 0 Å². The lowest BCUT2D eigenvalue weighted by Crippen LogP contribution is -2.50. The predicted molar refractivity (Wildman–Crippen MR) is 57.4 cm³/mol. The van der Waals surface area contributed by atoms with E-state index in [1.54, 1.807) is 19.0 Å². The Morgan fingerprint density at radius 3 is 2.43 bits per heavy atom. The molecule has 0 aromatic heterocycles. The third-order valence-corrected chi connectivity index (χ3v) is 2.00. The lowest BCUT2D eigenvalue weighted by Gasteiger charge is -2.34. The van der Waals surface area contributed by atoms with E-state index in [1.807, 2.05) is 25.7 Å². The number of carbonyl (C=O) groups is 1. The van der Waals surface area contributed by atoms with Crippen LogP contribution in [0.4, 0.5) is 4.79 Å². The van der Waals surface area contributed by atoms with Crippen LogP contribution in [0, 0.1) is 0 Å². The van der Waals surface area contributed by atoms with Gasteiger partial charge in [0.2, 0.25) is 0 Å². The van der Waals surface area contributed by atoms with Crippen molar-refractivity contribution >= 4 is 6.03 Å². The number of urea groups is 1. The van der Waals surface area contributed by atoms with Gasteiger partial charge in [0.05, 0.1) is 19.3 Å². The average Bonchev–Trinajstić information content (AvgIpc) is 2.20. The second-order valence-electron chi connectivity index (χ2n) is 3.29. The van der Waals surface area contributed by atoms with Gasteiger partial charge in [-0.2, -0.15) is 0 Å². The number of hydrogen-bond donors (Lipinski definition) is 0. The number of amides is 2. The standard InChI is InChI=1S/C8H16N2O2.C2H6/c1-7-6-12-5-4-10(7)8(11)9(2)3;1-2/h7H,4-6H2,1-3H3;1-2H3. The summed E-state index contributed by atoms with van der Waals surface area (Å²) >= 11 is 0. The van der Waals surface area contributed by atoms with Gasteiger partial charge in [0.15, 0.2) is 0 Å². The second kappa shape index (κ2) is 6.65. The summed E-state index contributed by atoms with van der Waals surface area (Å²) < 4.78 is 5.23. The topological polar surface area (TPSA) is 32.8 Å². The van der Waals surface area contributed by atoms with Crippen LogP contribution in [-0.4, -0.2) is 55.7 Å². The minimum atomic E-state index is 0.0748. The first-order valence-electron chi connectivity index (χ1n) is 5.18. The third kappa shape index (κ3) is 3.54. The van der Waals surface area contributed by atoms with E-state index in [2.05, 4.69) is 0 Å². The van der Waals surface area contributed by atoms with E-state index in [4.69, 9.17) is 4.74 Å². The summed E-state index contributed by atoms with van der Waals surface area (Å²) in [5.74, 6) is 0. The van der Waals surface area contributed by atoms with E-state index in [0.717, 1.165) is 0 Å². The van der Waals surface area contributed by atoms with Crippen molar-refractivity contribution in [2.24, 2.45) is 0 Å². The fourth-order valence-corrected chi connectivity index (χ4v) is 1.27. The Bertz CT molecular complexity index is 172. The molecule has 0 aliphatic carbocycles. The summed E-state index contributed by atoms with van der Waals surface area (Å²) in [6, 6.07) is 0.277. The first-order valence-corrected chi connectivity index (χ1v) is 5.18. The van der Waals surface area contributed by atoms with Crippen molar-refractivity contribution in [2.75, 3.05) is 33.9 Å². The zero-order valence-corrected chi connectivity index (χ0v) is 9.91. The van der Waals surface area contributed by atoms with Gasteiger partial charge >= 0.3 is 6.03 Å². The first kappa shape index (κ1) is 13.2. The van der Waals surface area contributed by atoms with Crippen LogP contribution in [0.15, 0.2) is 0 Å². The summed E-state index contributed by atoms with van der Waals surface area (Å²) in [7, 11) is 3.54. The van der Waals surface area contributed by atoms with Gasteiger partial charge in [-0.25, -0.2) is 4.79 Å². The molecule has 1 atom stereocenters. The number of carbonyl (C=O) groups excluding carboxylic acids is 1. The Morgan fingerprint density at radius 2 is 2.00 bits per heavy atom. The number of ether oxygens (including phenoxy) is 1. The number of morpholine rings is 1. The van der Waals surface area contributed by atoms with Gasteiger partial charge in [0, 0.05) is 20.6 Å². The summed E-state index contributed by atoms with van der Waals surface area (Å²) in [5.41, 5.74) is 0. The molecule has 1 fully saturated rings. The third-order valence-electron chi connectivity index (χ3n) is 2.00. The molecule has 1 rings (SSSR count). The van der Waals surface area contributed by atoms with Crippen molar-refractivity contribution in [3.63, 3.8) is 0 Å². The maximum atomic E-state index is 11.5. The van der Waals surface area contributed by atoms with E-state index in [1.165, 1.54) is 0 Å². The van der Waals surface area contributed by atoms with Crippen molar-refractivity contribution in [3.8, 4) is 0 Å². The second-order valence-corrected chi connectivity index (χ2v) is 3.29. The van der Waals surface area contributed by atoms with Crippen LogP contribution in [0.5, 0.6) is 0 Å². The SMILES string of the molecule is CC.CC1COCCN1C(=O)N(C)C. The Balaban J connectivity index is 0.000000791. The largest absolute Gasteiger partial charge is 0.377 e. The molecule has 14 heavy (non-hydrogen) atoms. The summed E-state index contributed by atoms with van der Waals surface area (Å²) in [6.07, 6.45) is 0. The molecule has 1 heterocycles. The molecule has 4 heteroatoms. The molecule has 0 aromatic rings. The maximum absolute atomic E-state index is 11.5. The normalized spacial score (nSPS) is 20.9. The van der Waals surface area contributed by atoms with Crippen molar-refractivity contribution < 1.29 is 9.53 Å². The maximum Gasteiger partial charge on any atom is 0.319 e. The van der Waals surface area contributed by atoms with E-state index < -0.39 is 0 Å². The van der Waals surface area contributed by atoms with Gasteiger partial charge in [0.1, 0.15) is 0 Å². The molecule has 1 saturated heterocycles. The van der Waals surface area contributed by atoms with Gasteiger partial charge in [-0.3, -0.25) is 0 Å². The fraction of sp³-hybridized carbons (Fsp3) is 0.900. The van der Waals surface area contributed by atoms with Crippen LogP contribution < -0.4 is 0 Å². The molecule has 1 unspecified atom stereocenters. The molecule has 0 saturated carbocycles. The molecule has 0 aromatic carbocycles. The number of rotatable bonds is 0. The molecule has 0 bridgehead atoms. The summed E-state index contributed by atoms with van der Waals surface area (Å²) in [4.78, 5) is 14.9. The highest BCUT2D eigenvalue weighted by atomic mass is 16.5. The highest BCUT2D eigenvalue weighted by Gasteiger charge is 2.24. The minimum Gasteiger partial charge on any atom is -0.377 e. The van der Waals surface area contributed by atoms with E-state index in [-0.39, 0.29) is 12.1 Å². The van der Waals surface area contributed by atoms with Crippen LogP contribution in [-0.2, 0) is 4.74 Å². The highest BCUT2D eigenvalue weighted by Crippen LogP contribution is 2.07. The Hall–Kier alpha value is -0.770. The summed E-state index contributed by atoms with van der Waals surface area (Å²) in [6.45, 7) is 8.02. The van der Waals surface area contributed by atoms with E-state index in [9.17, 15) is 4.79 Å². The van der Waals surface area contributed by atoms with Crippen LogP contribution in [0.1, 0.15) is 20.8 Å². The summed E-state index contributed by atoms with van der Waals surface area (Å²) in [5, 5.41) is 0. The monoisotopic (exact) mass is 202 g/mol. The van der Waals surface area contributed by atoms with Crippen LogP contribution in [0.2, 0.25) is 0 Å². The van der Waals surface area contributed by atoms with Crippen molar-refractivity contribution in [1.82, 2.24) is 9.80 Å². The lowest BCUT2D eigenvalue weighted by molar-refractivity contribution is 0.0133. The van der Waals surface area contributed by atoms with Crippen LogP contribution in [0.25, 0.3) is 0 Å². The minimum absolute atomic E-state index is 0.0748. The molecular formula is C10H22N2O2. The van der Waals surface area contributed by atoms with Gasteiger partial charge < -0.3 is 14.5 Å². The fourth-order valence-electron chi connectivity index (χ4n) is 1.27. The molecule has 1 aliphatic rings.